The predicted octanol–water partition coefficient (Wildman–Crippen LogP) is 2.09. The topological polar surface area (TPSA) is 25.4 Å². The van der Waals surface area contributed by atoms with Gasteiger partial charge in [-0.3, -0.25) is 4.90 Å². The SMILES string of the molecule is Fc1cc(OCCN2CCCCC2)ccn1. The Morgan fingerprint density at radius 3 is 2.88 bits per heavy atom. The lowest BCUT2D eigenvalue weighted by atomic mass is 10.1. The van der Waals surface area contributed by atoms with E-state index >= 15 is 0 Å². The summed E-state index contributed by atoms with van der Waals surface area (Å²) in [6, 6.07) is 3.00. The summed E-state index contributed by atoms with van der Waals surface area (Å²) in [5.41, 5.74) is 0. The van der Waals surface area contributed by atoms with Gasteiger partial charge in [-0.05, 0) is 32.0 Å². The maximum Gasteiger partial charge on any atom is 0.216 e. The van der Waals surface area contributed by atoms with Crippen LogP contribution in [0.25, 0.3) is 0 Å². The average molecular weight is 224 g/mol. The Bertz CT molecular complexity index is 327. The number of ether oxygens (including phenoxy) is 1. The molecular formula is C12H17FN2O. The first kappa shape index (κ1) is 11.3. The van der Waals surface area contributed by atoms with Gasteiger partial charge >= 0.3 is 0 Å². The molecule has 88 valence electrons. The van der Waals surface area contributed by atoms with Gasteiger partial charge in [0.2, 0.25) is 5.95 Å². The third-order valence-corrected chi connectivity index (χ3v) is 2.82. The smallest absolute Gasteiger partial charge is 0.216 e. The molecule has 0 saturated carbocycles. The summed E-state index contributed by atoms with van der Waals surface area (Å²) in [6.45, 7) is 3.86. The number of likely N-dealkylation sites (tertiary alicyclic amines) is 1. The normalized spacial score (nSPS) is 17.3. The Hall–Kier alpha value is -1.16. The number of piperidine rings is 1. The van der Waals surface area contributed by atoms with Crippen LogP contribution in [0.2, 0.25) is 0 Å². The highest BCUT2D eigenvalue weighted by Gasteiger charge is 2.09. The van der Waals surface area contributed by atoms with Crippen LogP contribution < -0.4 is 4.74 Å². The molecule has 16 heavy (non-hydrogen) atoms. The van der Waals surface area contributed by atoms with E-state index in [1.807, 2.05) is 0 Å². The molecule has 0 amide bonds. The molecule has 0 unspecified atom stereocenters. The summed E-state index contributed by atoms with van der Waals surface area (Å²) in [6.07, 6.45) is 5.33. The minimum atomic E-state index is -0.490. The van der Waals surface area contributed by atoms with E-state index in [0.29, 0.717) is 12.4 Å². The van der Waals surface area contributed by atoms with Crippen LogP contribution >= 0.6 is 0 Å². The van der Waals surface area contributed by atoms with Crippen LogP contribution in [0.5, 0.6) is 5.75 Å². The van der Waals surface area contributed by atoms with Crippen LogP contribution in [-0.4, -0.2) is 36.1 Å². The molecule has 1 fully saturated rings. The van der Waals surface area contributed by atoms with E-state index in [2.05, 4.69) is 9.88 Å². The third kappa shape index (κ3) is 3.45. The number of hydrogen-bond donors (Lipinski definition) is 0. The molecule has 1 saturated heterocycles. The molecule has 0 radical (unpaired) electrons. The lowest BCUT2D eigenvalue weighted by Gasteiger charge is -2.26. The van der Waals surface area contributed by atoms with E-state index < -0.39 is 5.95 Å². The number of aromatic nitrogens is 1. The van der Waals surface area contributed by atoms with E-state index in [4.69, 9.17) is 4.74 Å². The Kier molecular flexibility index (Phi) is 4.10. The Labute approximate surface area is 95.2 Å². The Balaban J connectivity index is 1.71. The Morgan fingerprint density at radius 2 is 2.12 bits per heavy atom. The van der Waals surface area contributed by atoms with E-state index in [0.717, 1.165) is 19.6 Å². The average Bonchev–Trinajstić information content (AvgIpc) is 2.30. The van der Waals surface area contributed by atoms with Crippen molar-refractivity contribution in [1.29, 1.82) is 0 Å². The second-order valence-electron chi connectivity index (χ2n) is 4.07. The molecular weight excluding hydrogens is 207 g/mol. The first-order chi connectivity index (χ1) is 7.84. The molecule has 0 bridgehead atoms. The largest absolute Gasteiger partial charge is 0.492 e. The van der Waals surface area contributed by atoms with Crippen LogP contribution in [0.1, 0.15) is 19.3 Å². The van der Waals surface area contributed by atoms with Crippen LogP contribution in [0.4, 0.5) is 4.39 Å². The van der Waals surface area contributed by atoms with Crippen LogP contribution in [0.3, 0.4) is 0 Å². The van der Waals surface area contributed by atoms with Crippen molar-refractivity contribution < 1.29 is 9.13 Å². The van der Waals surface area contributed by atoms with Crippen molar-refractivity contribution in [2.45, 2.75) is 19.3 Å². The molecule has 2 rings (SSSR count). The summed E-state index contributed by atoms with van der Waals surface area (Å²) in [7, 11) is 0. The fraction of sp³-hybridized carbons (Fsp3) is 0.583. The van der Waals surface area contributed by atoms with Gasteiger partial charge in [-0.2, -0.15) is 4.39 Å². The molecule has 1 aromatic heterocycles. The van der Waals surface area contributed by atoms with Crippen LogP contribution in [0, 0.1) is 5.95 Å². The van der Waals surface area contributed by atoms with E-state index in [1.54, 1.807) is 6.07 Å². The van der Waals surface area contributed by atoms with Gasteiger partial charge in [-0.25, -0.2) is 4.98 Å². The zero-order chi connectivity index (χ0) is 11.2. The molecule has 0 aromatic carbocycles. The summed E-state index contributed by atoms with van der Waals surface area (Å²) < 4.78 is 18.2. The molecule has 0 aliphatic carbocycles. The van der Waals surface area contributed by atoms with E-state index in [1.165, 1.54) is 31.5 Å². The van der Waals surface area contributed by atoms with Gasteiger partial charge in [-0.1, -0.05) is 6.42 Å². The van der Waals surface area contributed by atoms with Crippen molar-refractivity contribution in [2.24, 2.45) is 0 Å². The standard InChI is InChI=1S/C12H17FN2O/c13-12-10-11(4-5-14-12)16-9-8-15-6-2-1-3-7-15/h4-5,10H,1-3,6-9H2. The second-order valence-corrected chi connectivity index (χ2v) is 4.07. The van der Waals surface area contributed by atoms with Gasteiger partial charge in [0, 0.05) is 18.8 Å². The maximum absolute atomic E-state index is 12.7. The summed E-state index contributed by atoms with van der Waals surface area (Å²) in [4.78, 5) is 5.87. The summed E-state index contributed by atoms with van der Waals surface area (Å²) in [5.74, 6) is 0.0694. The first-order valence-corrected chi connectivity index (χ1v) is 5.81. The lowest BCUT2D eigenvalue weighted by Crippen LogP contribution is -2.33. The molecule has 1 aromatic rings. The fourth-order valence-electron chi connectivity index (χ4n) is 1.95. The van der Waals surface area contributed by atoms with E-state index in [9.17, 15) is 4.39 Å². The van der Waals surface area contributed by atoms with Crippen molar-refractivity contribution in [3.63, 3.8) is 0 Å². The molecule has 2 heterocycles. The molecule has 3 nitrogen and oxygen atoms in total. The van der Waals surface area contributed by atoms with Gasteiger partial charge in [0.1, 0.15) is 12.4 Å². The Morgan fingerprint density at radius 1 is 1.31 bits per heavy atom. The number of halogens is 1. The van der Waals surface area contributed by atoms with Crippen molar-refractivity contribution in [2.75, 3.05) is 26.2 Å². The maximum atomic E-state index is 12.7. The van der Waals surface area contributed by atoms with Gasteiger partial charge < -0.3 is 4.74 Å². The second kappa shape index (κ2) is 5.80. The zero-order valence-corrected chi connectivity index (χ0v) is 9.36. The fourth-order valence-corrected chi connectivity index (χ4v) is 1.95. The molecule has 0 spiro atoms. The van der Waals surface area contributed by atoms with Gasteiger partial charge in [0.05, 0.1) is 0 Å². The van der Waals surface area contributed by atoms with Gasteiger partial charge in [0.15, 0.2) is 0 Å². The predicted molar refractivity (Wildman–Crippen MR) is 60.0 cm³/mol. The van der Waals surface area contributed by atoms with E-state index in [-0.39, 0.29) is 0 Å². The quantitative estimate of drug-likeness (QED) is 0.732. The molecule has 1 aliphatic heterocycles. The number of hydrogen-bond acceptors (Lipinski definition) is 3. The van der Waals surface area contributed by atoms with Crippen molar-refractivity contribution in [1.82, 2.24) is 9.88 Å². The minimum absolute atomic E-state index is 0.490. The minimum Gasteiger partial charge on any atom is -0.492 e. The lowest BCUT2D eigenvalue weighted by molar-refractivity contribution is 0.183. The van der Waals surface area contributed by atoms with Crippen molar-refractivity contribution in [3.05, 3.63) is 24.3 Å². The van der Waals surface area contributed by atoms with Gasteiger partial charge in [-0.15, -0.1) is 0 Å². The molecule has 0 atom stereocenters. The van der Waals surface area contributed by atoms with Crippen molar-refractivity contribution in [3.8, 4) is 5.75 Å². The van der Waals surface area contributed by atoms with Crippen LogP contribution in [0.15, 0.2) is 18.3 Å². The zero-order valence-electron chi connectivity index (χ0n) is 9.36. The number of nitrogens with zero attached hydrogens (tertiary/aromatic N) is 2. The van der Waals surface area contributed by atoms with Crippen molar-refractivity contribution >= 4 is 0 Å². The first-order valence-electron chi connectivity index (χ1n) is 5.81. The van der Waals surface area contributed by atoms with Gasteiger partial charge in [0.25, 0.3) is 0 Å². The highest BCUT2D eigenvalue weighted by Crippen LogP contribution is 2.11. The molecule has 4 heteroatoms. The van der Waals surface area contributed by atoms with Crippen LogP contribution in [-0.2, 0) is 0 Å². The number of pyridine rings is 1. The highest BCUT2D eigenvalue weighted by molar-refractivity contribution is 5.17. The summed E-state index contributed by atoms with van der Waals surface area (Å²) >= 11 is 0. The number of rotatable bonds is 4. The molecule has 1 aliphatic rings. The summed E-state index contributed by atoms with van der Waals surface area (Å²) in [5, 5.41) is 0. The highest BCUT2D eigenvalue weighted by atomic mass is 19.1. The molecule has 0 N–H and O–H groups in total. The third-order valence-electron chi connectivity index (χ3n) is 2.82. The monoisotopic (exact) mass is 224 g/mol.